The van der Waals surface area contributed by atoms with Crippen LogP contribution in [0.15, 0.2) is 41.7 Å². The van der Waals surface area contributed by atoms with Crippen LogP contribution in [-0.2, 0) is 16.6 Å². The van der Waals surface area contributed by atoms with Crippen LogP contribution in [0.3, 0.4) is 0 Å². The molecule has 2 rings (SSSR count). The van der Waals surface area contributed by atoms with Gasteiger partial charge in [0, 0.05) is 32.2 Å². The van der Waals surface area contributed by atoms with Crippen molar-refractivity contribution in [3.05, 3.63) is 36.8 Å². The molecule has 0 spiro atoms. The highest BCUT2D eigenvalue weighted by Crippen LogP contribution is 2.09. The van der Waals surface area contributed by atoms with Crippen molar-refractivity contribution in [3.8, 4) is 0 Å². The van der Waals surface area contributed by atoms with Gasteiger partial charge in [0.25, 0.3) is 0 Å². The lowest BCUT2D eigenvalue weighted by atomic mass is 10.5. The van der Waals surface area contributed by atoms with E-state index in [1.807, 2.05) is 0 Å². The van der Waals surface area contributed by atoms with Gasteiger partial charge in [-0.05, 0) is 18.2 Å². The van der Waals surface area contributed by atoms with Gasteiger partial charge in [-0.2, -0.15) is 5.10 Å². The van der Waals surface area contributed by atoms with Gasteiger partial charge in [-0.3, -0.25) is 4.68 Å². The third kappa shape index (κ3) is 3.52. The number of rotatable bonds is 6. The molecule has 8 heteroatoms. The zero-order valence-electron chi connectivity index (χ0n) is 10.4. The van der Waals surface area contributed by atoms with E-state index >= 15 is 0 Å². The fourth-order valence-corrected chi connectivity index (χ4v) is 2.46. The molecule has 2 N–H and O–H groups in total. The molecule has 0 aliphatic heterocycles. The summed E-state index contributed by atoms with van der Waals surface area (Å²) >= 11 is 0. The topological polar surface area (TPSA) is 88.9 Å². The summed E-state index contributed by atoms with van der Waals surface area (Å²) in [6.45, 7) is 0.756. The number of hydrogen-bond donors (Lipinski definition) is 2. The van der Waals surface area contributed by atoms with Crippen molar-refractivity contribution in [1.29, 1.82) is 0 Å². The fraction of sp³-hybridized carbons (Fsp3) is 0.273. The second-order valence-electron chi connectivity index (χ2n) is 3.80. The predicted molar refractivity (Wildman–Crippen MR) is 71.2 cm³/mol. The number of aromatic nitrogens is 3. The summed E-state index contributed by atoms with van der Waals surface area (Å²) in [5, 5.41) is 6.82. The van der Waals surface area contributed by atoms with Gasteiger partial charge in [-0.25, -0.2) is 18.1 Å². The largest absolute Gasteiger partial charge is 0.373 e. The molecule has 0 aliphatic rings. The highest BCUT2D eigenvalue weighted by molar-refractivity contribution is 7.89. The molecule has 0 amide bonds. The van der Waals surface area contributed by atoms with Gasteiger partial charge in [-0.1, -0.05) is 0 Å². The normalized spacial score (nSPS) is 11.4. The van der Waals surface area contributed by atoms with E-state index in [9.17, 15) is 8.42 Å². The molecule has 2 aromatic heterocycles. The minimum Gasteiger partial charge on any atom is -0.373 e. The Balaban J connectivity index is 1.97. The van der Waals surface area contributed by atoms with E-state index < -0.39 is 10.0 Å². The standard InChI is InChI=1S/C11H15N5O2S/c1-12-11-4-3-10(9-13-11)19(17,18)15-6-8-16-7-2-5-14-16/h2-5,7,9,15H,6,8H2,1H3,(H,12,13). The Morgan fingerprint density at radius 1 is 1.37 bits per heavy atom. The molecule has 0 fully saturated rings. The van der Waals surface area contributed by atoms with E-state index in [4.69, 9.17) is 0 Å². The Morgan fingerprint density at radius 2 is 2.21 bits per heavy atom. The van der Waals surface area contributed by atoms with Crippen LogP contribution in [0.25, 0.3) is 0 Å². The number of hydrogen-bond acceptors (Lipinski definition) is 5. The SMILES string of the molecule is CNc1ccc(S(=O)(=O)NCCn2cccn2)cn1. The quantitative estimate of drug-likeness (QED) is 0.795. The Hall–Kier alpha value is -1.93. The third-order valence-electron chi connectivity index (χ3n) is 2.49. The smallest absolute Gasteiger partial charge is 0.242 e. The van der Waals surface area contributed by atoms with E-state index in [0.717, 1.165) is 0 Å². The highest BCUT2D eigenvalue weighted by Gasteiger charge is 2.13. The van der Waals surface area contributed by atoms with Crippen LogP contribution in [0.4, 0.5) is 5.82 Å². The molecule has 2 heterocycles. The van der Waals surface area contributed by atoms with Gasteiger partial charge in [0.05, 0.1) is 6.54 Å². The summed E-state index contributed by atoms with van der Waals surface area (Å²) in [7, 11) is -1.80. The summed E-state index contributed by atoms with van der Waals surface area (Å²) in [6, 6.07) is 4.91. The van der Waals surface area contributed by atoms with E-state index in [2.05, 4.69) is 20.1 Å². The van der Waals surface area contributed by atoms with Crippen molar-refractivity contribution < 1.29 is 8.42 Å². The molecular formula is C11H15N5O2S. The maximum absolute atomic E-state index is 12.0. The molecule has 0 aliphatic carbocycles. The maximum Gasteiger partial charge on any atom is 0.242 e. The molecule has 0 bridgehead atoms. The first-order valence-electron chi connectivity index (χ1n) is 5.73. The number of nitrogens with one attached hydrogen (secondary N) is 2. The van der Waals surface area contributed by atoms with E-state index in [0.29, 0.717) is 12.4 Å². The van der Waals surface area contributed by atoms with E-state index in [1.54, 1.807) is 36.3 Å². The van der Waals surface area contributed by atoms with Gasteiger partial charge in [0.1, 0.15) is 10.7 Å². The molecule has 19 heavy (non-hydrogen) atoms. The van der Waals surface area contributed by atoms with Gasteiger partial charge in [0.2, 0.25) is 10.0 Å². The van der Waals surface area contributed by atoms with E-state index in [-0.39, 0.29) is 11.4 Å². The lowest BCUT2D eigenvalue weighted by Crippen LogP contribution is -2.27. The first-order valence-corrected chi connectivity index (χ1v) is 7.21. The molecule has 0 radical (unpaired) electrons. The molecule has 0 saturated carbocycles. The van der Waals surface area contributed by atoms with Crippen LogP contribution in [0.1, 0.15) is 0 Å². The van der Waals surface area contributed by atoms with Gasteiger partial charge in [0.15, 0.2) is 0 Å². The van der Waals surface area contributed by atoms with Gasteiger partial charge < -0.3 is 5.32 Å². The van der Waals surface area contributed by atoms with Crippen molar-refractivity contribution in [1.82, 2.24) is 19.5 Å². The molecule has 102 valence electrons. The first-order chi connectivity index (χ1) is 9.12. The molecule has 0 aromatic carbocycles. The first kappa shape index (κ1) is 13.5. The minimum atomic E-state index is -3.52. The summed E-state index contributed by atoms with van der Waals surface area (Å²) in [5.41, 5.74) is 0. The summed E-state index contributed by atoms with van der Waals surface area (Å²) in [5.74, 6) is 0.621. The van der Waals surface area contributed by atoms with Crippen molar-refractivity contribution in [2.24, 2.45) is 0 Å². The predicted octanol–water partition coefficient (Wildman–Crippen LogP) is 0.298. The van der Waals surface area contributed by atoms with Crippen LogP contribution in [0.5, 0.6) is 0 Å². The van der Waals surface area contributed by atoms with Crippen LogP contribution >= 0.6 is 0 Å². The number of sulfonamides is 1. The van der Waals surface area contributed by atoms with E-state index in [1.165, 1.54) is 12.3 Å². The van der Waals surface area contributed by atoms with Crippen molar-refractivity contribution in [2.75, 3.05) is 18.9 Å². The monoisotopic (exact) mass is 281 g/mol. The van der Waals surface area contributed by atoms with Crippen molar-refractivity contribution in [2.45, 2.75) is 11.4 Å². The minimum absolute atomic E-state index is 0.145. The second kappa shape index (κ2) is 5.81. The van der Waals surface area contributed by atoms with Crippen molar-refractivity contribution in [3.63, 3.8) is 0 Å². The zero-order chi connectivity index (χ0) is 13.7. The van der Waals surface area contributed by atoms with Crippen LogP contribution in [-0.4, -0.2) is 36.8 Å². The van der Waals surface area contributed by atoms with Gasteiger partial charge in [-0.15, -0.1) is 0 Å². The van der Waals surface area contributed by atoms with Crippen molar-refractivity contribution >= 4 is 15.8 Å². The molecule has 0 atom stereocenters. The lowest BCUT2D eigenvalue weighted by Gasteiger charge is -2.07. The Bertz CT molecular complexity index is 607. The highest BCUT2D eigenvalue weighted by atomic mass is 32.2. The third-order valence-corrected chi connectivity index (χ3v) is 3.94. The molecule has 0 unspecified atom stereocenters. The van der Waals surface area contributed by atoms with Crippen LogP contribution in [0, 0.1) is 0 Å². The number of anilines is 1. The molecule has 2 aromatic rings. The number of pyridine rings is 1. The second-order valence-corrected chi connectivity index (χ2v) is 5.56. The zero-order valence-corrected chi connectivity index (χ0v) is 11.3. The molecule has 0 saturated heterocycles. The molecular weight excluding hydrogens is 266 g/mol. The fourth-order valence-electron chi connectivity index (χ4n) is 1.50. The summed E-state index contributed by atoms with van der Waals surface area (Å²) in [6.07, 6.45) is 4.74. The maximum atomic E-state index is 12.0. The van der Waals surface area contributed by atoms with Crippen LogP contribution < -0.4 is 10.0 Å². The molecule has 7 nitrogen and oxygen atoms in total. The Kier molecular flexibility index (Phi) is 4.13. The Labute approximate surface area is 111 Å². The summed E-state index contributed by atoms with van der Waals surface area (Å²) < 4.78 is 28.1. The average Bonchev–Trinajstić information content (AvgIpc) is 2.92. The van der Waals surface area contributed by atoms with Gasteiger partial charge >= 0.3 is 0 Å². The average molecular weight is 281 g/mol. The summed E-state index contributed by atoms with van der Waals surface area (Å²) in [4.78, 5) is 4.12. The van der Waals surface area contributed by atoms with Crippen LogP contribution in [0.2, 0.25) is 0 Å². The number of nitrogens with zero attached hydrogens (tertiary/aromatic N) is 3. The Morgan fingerprint density at radius 3 is 2.79 bits per heavy atom. The lowest BCUT2D eigenvalue weighted by molar-refractivity contribution is 0.560.